The Balaban J connectivity index is 2.65. The second-order valence-electron chi connectivity index (χ2n) is 3.09. The van der Waals surface area contributed by atoms with Crippen LogP contribution in [-0.2, 0) is 0 Å². The summed E-state index contributed by atoms with van der Waals surface area (Å²) >= 11 is 0. The molecular formula is C11H8N2. The van der Waals surface area contributed by atoms with Crippen LogP contribution >= 0.6 is 0 Å². The Morgan fingerprint density at radius 2 is 2.00 bits per heavy atom. The summed E-state index contributed by atoms with van der Waals surface area (Å²) in [7, 11) is 0. The summed E-state index contributed by atoms with van der Waals surface area (Å²) in [4.78, 5) is 7.34. The van der Waals surface area contributed by atoms with Gasteiger partial charge >= 0.3 is 0 Å². The predicted molar refractivity (Wildman–Crippen MR) is 53.6 cm³/mol. The lowest BCUT2D eigenvalue weighted by molar-refractivity contribution is 1.37. The van der Waals surface area contributed by atoms with Gasteiger partial charge in [-0.05, 0) is 23.6 Å². The number of aromatic amines is 1. The molecule has 0 saturated carbocycles. The van der Waals surface area contributed by atoms with E-state index in [4.69, 9.17) is 0 Å². The molecule has 2 nitrogen and oxygen atoms in total. The SMILES string of the molecule is c1cc2c(ccc3cc[nH]cc32)n1. The van der Waals surface area contributed by atoms with Gasteiger partial charge in [-0.15, -0.1) is 0 Å². The molecule has 3 aromatic rings. The van der Waals surface area contributed by atoms with Crippen LogP contribution < -0.4 is 0 Å². The largest absolute Gasteiger partial charge is 0.367 e. The fraction of sp³-hybridized carbons (Fsp3) is 0. The number of hydrogen-bond acceptors (Lipinski definition) is 1. The fourth-order valence-electron chi connectivity index (χ4n) is 1.70. The standard InChI is InChI=1S/C11H8N2/c1-2-11-9(4-6-13-11)10-7-12-5-3-8(1)10/h1-7,12H. The molecule has 13 heavy (non-hydrogen) atoms. The van der Waals surface area contributed by atoms with Gasteiger partial charge in [0.05, 0.1) is 5.52 Å². The molecule has 2 heteroatoms. The average Bonchev–Trinajstić information content (AvgIpc) is 2.65. The smallest absolute Gasteiger partial charge is 0.0709 e. The Kier molecular flexibility index (Phi) is 1.19. The molecule has 0 spiro atoms. The van der Waals surface area contributed by atoms with Crippen molar-refractivity contribution in [1.29, 1.82) is 0 Å². The quantitative estimate of drug-likeness (QED) is 0.549. The van der Waals surface area contributed by atoms with E-state index in [1.165, 1.54) is 16.2 Å². The van der Waals surface area contributed by atoms with Gasteiger partial charge in [0, 0.05) is 29.4 Å². The number of nitrogens with zero attached hydrogens (tertiary/aromatic N) is 1. The molecular weight excluding hydrogens is 160 g/mol. The van der Waals surface area contributed by atoms with E-state index in [2.05, 4.69) is 28.2 Å². The average molecular weight is 168 g/mol. The van der Waals surface area contributed by atoms with Crippen LogP contribution in [0.2, 0.25) is 0 Å². The first-order valence-electron chi connectivity index (χ1n) is 4.25. The third kappa shape index (κ3) is 0.855. The van der Waals surface area contributed by atoms with E-state index >= 15 is 0 Å². The highest BCUT2D eigenvalue weighted by Crippen LogP contribution is 2.22. The minimum Gasteiger partial charge on any atom is -0.367 e. The molecule has 0 unspecified atom stereocenters. The van der Waals surface area contributed by atoms with Crippen molar-refractivity contribution < 1.29 is 0 Å². The van der Waals surface area contributed by atoms with Crippen molar-refractivity contribution in [2.75, 3.05) is 0 Å². The summed E-state index contributed by atoms with van der Waals surface area (Å²) in [5.74, 6) is 0. The molecule has 0 aliphatic carbocycles. The second kappa shape index (κ2) is 2.33. The number of fused-ring (bicyclic) bond motifs is 3. The monoisotopic (exact) mass is 168 g/mol. The van der Waals surface area contributed by atoms with E-state index in [-0.39, 0.29) is 0 Å². The number of rotatable bonds is 0. The number of benzene rings is 1. The summed E-state index contributed by atoms with van der Waals surface area (Å²) in [6, 6.07) is 8.27. The maximum absolute atomic E-state index is 4.25. The number of hydrogen-bond donors (Lipinski definition) is 1. The van der Waals surface area contributed by atoms with Crippen LogP contribution in [0.25, 0.3) is 21.7 Å². The van der Waals surface area contributed by atoms with Gasteiger partial charge in [0.25, 0.3) is 0 Å². The number of nitrogens with one attached hydrogen (secondary N) is 1. The van der Waals surface area contributed by atoms with E-state index in [1.807, 2.05) is 24.7 Å². The number of aromatic nitrogens is 2. The first kappa shape index (κ1) is 6.66. The van der Waals surface area contributed by atoms with Crippen molar-refractivity contribution in [2.24, 2.45) is 0 Å². The topological polar surface area (TPSA) is 28.7 Å². The van der Waals surface area contributed by atoms with Gasteiger partial charge in [-0.2, -0.15) is 0 Å². The zero-order chi connectivity index (χ0) is 8.67. The first-order chi connectivity index (χ1) is 6.45. The number of pyridine rings is 1. The number of H-pyrrole nitrogens is 1. The second-order valence-corrected chi connectivity index (χ2v) is 3.09. The van der Waals surface area contributed by atoms with Crippen molar-refractivity contribution in [3.05, 3.63) is 42.9 Å². The lowest BCUT2D eigenvalue weighted by atomic mass is 10.1. The van der Waals surface area contributed by atoms with Crippen molar-refractivity contribution in [3.8, 4) is 0 Å². The third-order valence-corrected chi connectivity index (χ3v) is 2.34. The molecule has 1 aromatic carbocycles. The van der Waals surface area contributed by atoms with Crippen LogP contribution in [0.3, 0.4) is 0 Å². The fourth-order valence-corrected chi connectivity index (χ4v) is 1.70. The van der Waals surface area contributed by atoms with E-state index in [9.17, 15) is 0 Å². The van der Waals surface area contributed by atoms with Crippen LogP contribution in [0.5, 0.6) is 0 Å². The Labute approximate surface area is 75.2 Å². The Bertz CT molecular complexity index is 566. The summed E-state index contributed by atoms with van der Waals surface area (Å²) < 4.78 is 0. The van der Waals surface area contributed by atoms with Gasteiger partial charge in [0.1, 0.15) is 0 Å². The highest BCUT2D eigenvalue weighted by molar-refractivity contribution is 6.05. The molecule has 0 fully saturated rings. The summed E-state index contributed by atoms with van der Waals surface area (Å²) in [5, 5.41) is 3.70. The molecule has 0 radical (unpaired) electrons. The lowest BCUT2D eigenvalue weighted by Gasteiger charge is -1.97. The van der Waals surface area contributed by atoms with Gasteiger partial charge in [0.15, 0.2) is 0 Å². The zero-order valence-corrected chi connectivity index (χ0v) is 6.99. The van der Waals surface area contributed by atoms with Crippen LogP contribution in [0.4, 0.5) is 0 Å². The predicted octanol–water partition coefficient (Wildman–Crippen LogP) is 2.72. The van der Waals surface area contributed by atoms with E-state index < -0.39 is 0 Å². The molecule has 0 aliphatic rings. The van der Waals surface area contributed by atoms with Gasteiger partial charge in [0.2, 0.25) is 0 Å². The Morgan fingerprint density at radius 3 is 3.00 bits per heavy atom. The summed E-state index contributed by atoms with van der Waals surface area (Å²) in [5.41, 5.74) is 1.06. The van der Waals surface area contributed by atoms with E-state index in [0.29, 0.717) is 0 Å². The highest BCUT2D eigenvalue weighted by Gasteiger charge is 1.99. The molecule has 0 atom stereocenters. The van der Waals surface area contributed by atoms with Crippen LogP contribution in [0.1, 0.15) is 0 Å². The van der Waals surface area contributed by atoms with Gasteiger partial charge in [-0.25, -0.2) is 0 Å². The van der Waals surface area contributed by atoms with Crippen LogP contribution in [-0.4, -0.2) is 9.97 Å². The first-order valence-corrected chi connectivity index (χ1v) is 4.25. The van der Waals surface area contributed by atoms with E-state index in [0.717, 1.165) is 5.52 Å². The summed E-state index contributed by atoms with van der Waals surface area (Å²) in [6.45, 7) is 0. The molecule has 0 bridgehead atoms. The maximum atomic E-state index is 4.25. The van der Waals surface area contributed by atoms with Crippen LogP contribution in [0.15, 0.2) is 42.9 Å². The van der Waals surface area contributed by atoms with Gasteiger partial charge < -0.3 is 4.98 Å². The Hall–Kier alpha value is -1.83. The van der Waals surface area contributed by atoms with Crippen molar-refractivity contribution in [3.63, 3.8) is 0 Å². The molecule has 0 saturated heterocycles. The normalized spacial score (nSPS) is 11.1. The van der Waals surface area contributed by atoms with Gasteiger partial charge in [-0.3, -0.25) is 4.98 Å². The molecule has 0 amide bonds. The zero-order valence-electron chi connectivity index (χ0n) is 6.99. The highest BCUT2D eigenvalue weighted by atomic mass is 14.7. The van der Waals surface area contributed by atoms with E-state index in [1.54, 1.807) is 0 Å². The minimum atomic E-state index is 1.06. The molecule has 2 aromatic heterocycles. The molecule has 0 aliphatic heterocycles. The molecule has 2 heterocycles. The third-order valence-electron chi connectivity index (χ3n) is 2.34. The maximum Gasteiger partial charge on any atom is 0.0709 e. The molecule has 62 valence electrons. The van der Waals surface area contributed by atoms with Crippen molar-refractivity contribution in [2.45, 2.75) is 0 Å². The lowest BCUT2D eigenvalue weighted by Crippen LogP contribution is -1.75. The van der Waals surface area contributed by atoms with Crippen molar-refractivity contribution >= 4 is 21.7 Å². The molecule has 3 rings (SSSR count). The Morgan fingerprint density at radius 1 is 1.00 bits per heavy atom. The van der Waals surface area contributed by atoms with Crippen molar-refractivity contribution in [1.82, 2.24) is 9.97 Å². The van der Waals surface area contributed by atoms with Gasteiger partial charge in [-0.1, -0.05) is 6.07 Å². The molecule has 1 N–H and O–H groups in total. The van der Waals surface area contributed by atoms with Crippen LogP contribution in [0, 0.1) is 0 Å². The minimum absolute atomic E-state index is 1.06. The summed E-state index contributed by atoms with van der Waals surface area (Å²) in [6.07, 6.45) is 5.79.